The van der Waals surface area contributed by atoms with Crippen LogP contribution < -0.4 is 14.8 Å². The molecule has 0 amide bonds. The Labute approximate surface area is 128 Å². The maximum Gasteiger partial charge on any atom is 0.162 e. The van der Waals surface area contributed by atoms with Crippen molar-refractivity contribution in [2.24, 2.45) is 0 Å². The van der Waals surface area contributed by atoms with Crippen LogP contribution in [0.2, 0.25) is 5.02 Å². The van der Waals surface area contributed by atoms with Crippen LogP contribution in [0.1, 0.15) is 11.1 Å². The Morgan fingerprint density at radius 1 is 1.10 bits per heavy atom. The minimum Gasteiger partial charge on any atom is -0.493 e. The Balaban J connectivity index is 2.21. The van der Waals surface area contributed by atoms with E-state index in [4.69, 9.17) is 21.1 Å². The molecular formula is C16H17ClFNO2. The van der Waals surface area contributed by atoms with E-state index in [1.54, 1.807) is 38.5 Å². The summed E-state index contributed by atoms with van der Waals surface area (Å²) >= 11 is 6.18. The summed E-state index contributed by atoms with van der Waals surface area (Å²) in [4.78, 5) is 0. The zero-order valence-electron chi connectivity index (χ0n) is 12.2. The number of rotatable bonds is 5. The van der Waals surface area contributed by atoms with E-state index in [1.807, 2.05) is 6.92 Å². The average Bonchev–Trinajstić information content (AvgIpc) is 2.48. The fraction of sp³-hybridized carbons (Fsp3) is 0.250. The lowest BCUT2D eigenvalue weighted by atomic mass is 10.1. The number of hydrogen-bond acceptors (Lipinski definition) is 3. The van der Waals surface area contributed by atoms with Gasteiger partial charge in [-0.1, -0.05) is 29.3 Å². The SMILES string of the molecule is COc1cc(Cl)c(NCc2cc(C)ccc2F)cc1OC. The van der Waals surface area contributed by atoms with Gasteiger partial charge in [-0.2, -0.15) is 0 Å². The highest BCUT2D eigenvalue weighted by Crippen LogP contribution is 2.36. The van der Waals surface area contributed by atoms with E-state index >= 15 is 0 Å². The van der Waals surface area contributed by atoms with Crippen molar-refractivity contribution in [3.63, 3.8) is 0 Å². The Morgan fingerprint density at radius 3 is 2.43 bits per heavy atom. The van der Waals surface area contributed by atoms with Crippen LogP contribution in [0.5, 0.6) is 11.5 Å². The van der Waals surface area contributed by atoms with Gasteiger partial charge in [-0.25, -0.2) is 4.39 Å². The highest BCUT2D eigenvalue weighted by Gasteiger charge is 2.10. The minimum atomic E-state index is -0.246. The number of aryl methyl sites for hydroxylation is 1. The summed E-state index contributed by atoms with van der Waals surface area (Å²) in [6.45, 7) is 2.26. The van der Waals surface area contributed by atoms with Crippen molar-refractivity contribution >= 4 is 17.3 Å². The van der Waals surface area contributed by atoms with Crippen LogP contribution in [0, 0.1) is 12.7 Å². The zero-order valence-corrected chi connectivity index (χ0v) is 12.9. The molecule has 0 saturated heterocycles. The van der Waals surface area contributed by atoms with Gasteiger partial charge in [-0.15, -0.1) is 0 Å². The molecule has 0 aliphatic heterocycles. The van der Waals surface area contributed by atoms with Crippen LogP contribution in [0.3, 0.4) is 0 Å². The molecule has 0 aromatic heterocycles. The van der Waals surface area contributed by atoms with Crippen molar-refractivity contribution < 1.29 is 13.9 Å². The number of hydrogen-bond donors (Lipinski definition) is 1. The van der Waals surface area contributed by atoms with Crippen LogP contribution in [-0.2, 0) is 6.54 Å². The third-order valence-electron chi connectivity index (χ3n) is 3.14. The molecule has 1 N–H and O–H groups in total. The first kappa shape index (κ1) is 15.4. The number of halogens is 2. The van der Waals surface area contributed by atoms with Gasteiger partial charge in [0.2, 0.25) is 0 Å². The summed E-state index contributed by atoms with van der Waals surface area (Å²) in [6.07, 6.45) is 0. The van der Waals surface area contributed by atoms with Gasteiger partial charge >= 0.3 is 0 Å². The van der Waals surface area contributed by atoms with Gasteiger partial charge in [0.25, 0.3) is 0 Å². The van der Waals surface area contributed by atoms with Gasteiger partial charge in [0.15, 0.2) is 11.5 Å². The number of ether oxygens (including phenoxy) is 2. The third-order valence-corrected chi connectivity index (χ3v) is 3.46. The molecule has 3 nitrogen and oxygen atoms in total. The van der Waals surface area contributed by atoms with Gasteiger partial charge in [-0.05, 0) is 13.0 Å². The summed E-state index contributed by atoms with van der Waals surface area (Å²) in [5.74, 6) is 0.869. The van der Waals surface area contributed by atoms with Gasteiger partial charge in [0, 0.05) is 24.2 Å². The third kappa shape index (κ3) is 3.58. The maximum atomic E-state index is 13.7. The summed E-state index contributed by atoms with van der Waals surface area (Å²) in [5, 5.41) is 3.60. The van der Waals surface area contributed by atoms with Gasteiger partial charge in [-0.3, -0.25) is 0 Å². The van der Waals surface area contributed by atoms with E-state index in [-0.39, 0.29) is 5.82 Å². The molecule has 0 saturated carbocycles. The highest BCUT2D eigenvalue weighted by molar-refractivity contribution is 6.33. The van der Waals surface area contributed by atoms with E-state index in [2.05, 4.69) is 5.32 Å². The standard InChI is InChI=1S/C16H17ClFNO2/c1-10-4-5-13(18)11(6-10)9-19-14-8-16(21-3)15(20-2)7-12(14)17/h4-8,19H,9H2,1-3H3. The summed E-state index contributed by atoms with van der Waals surface area (Å²) in [7, 11) is 3.10. The van der Waals surface area contributed by atoms with Crippen molar-refractivity contribution in [1.29, 1.82) is 0 Å². The number of methoxy groups -OCH3 is 2. The Kier molecular flexibility index (Phi) is 4.91. The Hall–Kier alpha value is -1.94. The van der Waals surface area contributed by atoms with Crippen molar-refractivity contribution in [3.8, 4) is 11.5 Å². The summed E-state index contributed by atoms with van der Waals surface area (Å²) in [5.41, 5.74) is 2.25. The lowest BCUT2D eigenvalue weighted by Gasteiger charge is -2.14. The van der Waals surface area contributed by atoms with Crippen LogP contribution in [0.4, 0.5) is 10.1 Å². The summed E-state index contributed by atoms with van der Waals surface area (Å²) < 4.78 is 24.1. The predicted octanol–water partition coefficient (Wildman–Crippen LogP) is 4.42. The smallest absolute Gasteiger partial charge is 0.162 e. The van der Waals surface area contributed by atoms with Crippen molar-refractivity contribution in [2.45, 2.75) is 13.5 Å². The average molecular weight is 310 g/mol. The lowest BCUT2D eigenvalue weighted by Crippen LogP contribution is -2.03. The van der Waals surface area contributed by atoms with Crippen LogP contribution >= 0.6 is 11.6 Å². The monoisotopic (exact) mass is 309 g/mol. The first-order chi connectivity index (χ1) is 10.0. The number of nitrogens with one attached hydrogen (secondary N) is 1. The molecule has 2 rings (SSSR count). The summed E-state index contributed by atoms with van der Waals surface area (Å²) in [6, 6.07) is 8.39. The molecular weight excluding hydrogens is 293 g/mol. The van der Waals surface area contributed by atoms with Crippen LogP contribution in [0.25, 0.3) is 0 Å². The highest BCUT2D eigenvalue weighted by atomic mass is 35.5. The van der Waals surface area contributed by atoms with E-state index in [0.717, 1.165) is 5.56 Å². The van der Waals surface area contributed by atoms with Gasteiger partial charge in [0.05, 0.1) is 24.9 Å². The number of benzene rings is 2. The maximum absolute atomic E-state index is 13.7. The molecule has 0 spiro atoms. The quantitative estimate of drug-likeness (QED) is 0.887. The molecule has 0 fully saturated rings. The molecule has 0 aliphatic rings. The van der Waals surface area contributed by atoms with Gasteiger partial charge < -0.3 is 14.8 Å². The van der Waals surface area contributed by atoms with Gasteiger partial charge in [0.1, 0.15) is 5.82 Å². The van der Waals surface area contributed by atoms with E-state index in [1.165, 1.54) is 6.07 Å². The zero-order chi connectivity index (χ0) is 15.4. The molecule has 112 valence electrons. The largest absolute Gasteiger partial charge is 0.493 e. The molecule has 0 heterocycles. The Morgan fingerprint density at radius 2 is 1.76 bits per heavy atom. The topological polar surface area (TPSA) is 30.5 Å². The molecule has 5 heteroatoms. The second kappa shape index (κ2) is 6.68. The molecule has 2 aromatic rings. The fourth-order valence-corrected chi connectivity index (χ4v) is 2.24. The fourth-order valence-electron chi connectivity index (χ4n) is 2.02. The minimum absolute atomic E-state index is 0.246. The lowest BCUT2D eigenvalue weighted by molar-refractivity contribution is 0.355. The molecule has 0 bridgehead atoms. The first-order valence-electron chi connectivity index (χ1n) is 6.45. The Bertz CT molecular complexity index is 646. The molecule has 0 unspecified atom stereocenters. The van der Waals surface area contributed by atoms with Crippen LogP contribution in [0.15, 0.2) is 30.3 Å². The molecule has 0 radical (unpaired) electrons. The van der Waals surface area contributed by atoms with Crippen molar-refractivity contribution in [2.75, 3.05) is 19.5 Å². The molecule has 2 aromatic carbocycles. The van der Waals surface area contributed by atoms with Crippen LogP contribution in [-0.4, -0.2) is 14.2 Å². The number of anilines is 1. The molecule has 21 heavy (non-hydrogen) atoms. The predicted molar refractivity (Wildman–Crippen MR) is 83.0 cm³/mol. The van der Waals surface area contributed by atoms with E-state index < -0.39 is 0 Å². The van der Waals surface area contributed by atoms with E-state index in [0.29, 0.717) is 34.3 Å². The second-order valence-corrected chi connectivity index (χ2v) is 5.04. The van der Waals surface area contributed by atoms with Crippen molar-refractivity contribution in [1.82, 2.24) is 0 Å². The van der Waals surface area contributed by atoms with E-state index in [9.17, 15) is 4.39 Å². The second-order valence-electron chi connectivity index (χ2n) is 4.64. The normalized spacial score (nSPS) is 10.3. The first-order valence-corrected chi connectivity index (χ1v) is 6.83. The molecule has 0 aliphatic carbocycles. The molecule has 0 atom stereocenters. The van der Waals surface area contributed by atoms with Crippen molar-refractivity contribution in [3.05, 3.63) is 52.3 Å².